The summed E-state index contributed by atoms with van der Waals surface area (Å²) in [7, 11) is 1.59. The lowest BCUT2D eigenvalue weighted by Gasteiger charge is -1.99. The molecule has 0 aliphatic rings. The van der Waals surface area contributed by atoms with Crippen LogP contribution in [0.4, 0.5) is 0 Å². The maximum absolute atomic E-state index is 10.5. The lowest BCUT2D eigenvalue weighted by molar-refractivity contribution is 0.577. The molecule has 0 rings (SSSR count). The van der Waals surface area contributed by atoms with Crippen LogP contribution in [0, 0.1) is 0 Å². The summed E-state index contributed by atoms with van der Waals surface area (Å²) in [6.45, 7) is 2.22. The second kappa shape index (κ2) is 10.2. The second-order valence-corrected chi connectivity index (χ2v) is 6.62. The molecule has 0 unspecified atom stereocenters. The summed E-state index contributed by atoms with van der Waals surface area (Å²) >= 11 is 0. The summed E-state index contributed by atoms with van der Waals surface area (Å²) in [5, 5.41) is 1.08. The highest BCUT2D eigenvalue weighted by Crippen LogP contribution is 2.10. The molecule has 0 aliphatic carbocycles. The molecule has 0 heterocycles. The van der Waals surface area contributed by atoms with Crippen LogP contribution in [0.25, 0.3) is 0 Å². The molecular weight excluding hydrogens is 244 g/mol. The Labute approximate surface area is 104 Å². The Kier molecular flexibility index (Phi) is 10.1. The summed E-state index contributed by atoms with van der Waals surface area (Å²) in [5.74, 6) is 0. The van der Waals surface area contributed by atoms with Crippen LogP contribution in [0.1, 0.15) is 64.7 Å². The lowest BCUT2D eigenvalue weighted by Crippen LogP contribution is -1.81. The Morgan fingerprint density at radius 3 is 1.94 bits per heavy atom. The van der Waals surface area contributed by atoms with Crippen LogP contribution in [0.3, 0.4) is 0 Å². The van der Waals surface area contributed by atoms with E-state index in [2.05, 4.69) is 6.92 Å². The van der Waals surface area contributed by atoms with E-state index in [0.717, 1.165) is 18.2 Å². The molecule has 0 aromatic rings. The zero-order valence-electron chi connectivity index (χ0n) is 10.1. The molecule has 0 aliphatic heterocycles. The van der Waals surface area contributed by atoms with Gasteiger partial charge in [-0.05, 0) is 12.8 Å². The van der Waals surface area contributed by atoms with Gasteiger partial charge in [-0.3, -0.25) is 0 Å². The van der Waals surface area contributed by atoms with E-state index in [4.69, 9.17) is 10.7 Å². The van der Waals surface area contributed by atoms with Crippen LogP contribution < -0.4 is 0 Å². The summed E-state index contributed by atoms with van der Waals surface area (Å²) in [6.07, 6.45) is 12.5. The molecule has 0 saturated heterocycles. The van der Waals surface area contributed by atoms with Crippen molar-refractivity contribution in [1.82, 2.24) is 0 Å². The molecule has 16 heavy (non-hydrogen) atoms. The van der Waals surface area contributed by atoms with Crippen LogP contribution in [-0.2, 0) is 9.05 Å². The first-order chi connectivity index (χ1) is 7.56. The average molecular weight is 267 g/mol. The van der Waals surface area contributed by atoms with Gasteiger partial charge in [-0.15, -0.1) is 0 Å². The van der Waals surface area contributed by atoms with E-state index < -0.39 is 9.05 Å². The molecule has 0 saturated carbocycles. The maximum Gasteiger partial charge on any atom is 0.254 e. The summed E-state index contributed by atoms with van der Waals surface area (Å²) < 4.78 is 21.1. The minimum absolute atomic E-state index is 0.806. The van der Waals surface area contributed by atoms with Gasteiger partial charge in [0, 0.05) is 16.1 Å². The summed E-state index contributed by atoms with van der Waals surface area (Å²) in [5.41, 5.74) is 0. The third kappa shape index (κ3) is 14.0. The third-order valence-corrected chi connectivity index (χ3v) is 3.31. The van der Waals surface area contributed by atoms with Crippen LogP contribution in [0.15, 0.2) is 11.5 Å². The standard InChI is InChI=1S/C12H23ClO2S/c1-2-3-4-5-6-7-8-9-10-11-12-16(13,14)15/h11-12H,2-10H2,1H3. The van der Waals surface area contributed by atoms with Gasteiger partial charge in [0.1, 0.15) is 0 Å². The highest BCUT2D eigenvalue weighted by Gasteiger charge is 1.95. The number of unbranched alkanes of at least 4 members (excludes halogenated alkanes) is 8. The van der Waals surface area contributed by atoms with Gasteiger partial charge in [0.2, 0.25) is 0 Å². The van der Waals surface area contributed by atoms with Crippen LogP contribution in [-0.4, -0.2) is 8.42 Å². The van der Waals surface area contributed by atoms with Crippen molar-refractivity contribution in [2.45, 2.75) is 64.7 Å². The van der Waals surface area contributed by atoms with Crippen molar-refractivity contribution in [2.75, 3.05) is 0 Å². The monoisotopic (exact) mass is 266 g/mol. The van der Waals surface area contributed by atoms with Gasteiger partial charge in [0.15, 0.2) is 0 Å². The van der Waals surface area contributed by atoms with Gasteiger partial charge >= 0.3 is 0 Å². The summed E-state index contributed by atoms with van der Waals surface area (Å²) in [4.78, 5) is 0. The number of hydrogen-bond donors (Lipinski definition) is 0. The lowest BCUT2D eigenvalue weighted by atomic mass is 10.1. The smallest absolute Gasteiger partial charge is 0.208 e. The van der Waals surface area contributed by atoms with Crippen molar-refractivity contribution in [2.24, 2.45) is 0 Å². The van der Waals surface area contributed by atoms with E-state index in [1.165, 1.54) is 44.9 Å². The molecule has 2 nitrogen and oxygen atoms in total. The zero-order chi connectivity index (χ0) is 12.3. The molecule has 0 aromatic heterocycles. The Bertz CT molecular complexity index is 271. The topological polar surface area (TPSA) is 34.1 Å². The third-order valence-electron chi connectivity index (χ3n) is 2.48. The quantitative estimate of drug-likeness (QED) is 0.428. The maximum atomic E-state index is 10.5. The molecule has 96 valence electrons. The molecule has 0 bridgehead atoms. The predicted octanol–water partition coefficient (Wildman–Crippen LogP) is 4.60. The Hall–Kier alpha value is -0.0200. The first-order valence-corrected chi connectivity index (χ1v) is 8.54. The summed E-state index contributed by atoms with van der Waals surface area (Å²) in [6, 6.07) is 0. The molecule has 0 spiro atoms. The van der Waals surface area contributed by atoms with E-state index >= 15 is 0 Å². The first-order valence-electron chi connectivity index (χ1n) is 6.17. The Morgan fingerprint density at radius 1 is 0.938 bits per heavy atom. The van der Waals surface area contributed by atoms with Gasteiger partial charge in [-0.2, -0.15) is 0 Å². The van der Waals surface area contributed by atoms with E-state index in [0.29, 0.717) is 0 Å². The fourth-order valence-electron chi connectivity index (χ4n) is 1.58. The van der Waals surface area contributed by atoms with Crippen molar-refractivity contribution in [3.63, 3.8) is 0 Å². The predicted molar refractivity (Wildman–Crippen MR) is 71.1 cm³/mol. The molecule has 0 atom stereocenters. The molecule has 0 aromatic carbocycles. The normalized spacial score (nSPS) is 12.4. The molecule has 0 N–H and O–H groups in total. The molecule has 4 heteroatoms. The van der Waals surface area contributed by atoms with Gasteiger partial charge in [-0.25, -0.2) is 8.42 Å². The second-order valence-electron chi connectivity index (χ2n) is 4.11. The number of allylic oxidation sites excluding steroid dienone is 1. The first kappa shape index (κ1) is 16.0. The average Bonchev–Trinajstić information content (AvgIpc) is 2.19. The largest absolute Gasteiger partial charge is 0.254 e. The van der Waals surface area contributed by atoms with Crippen molar-refractivity contribution in [3.8, 4) is 0 Å². The van der Waals surface area contributed by atoms with Gasteiger partial charge in [0.05, 0.1) is 0 Å². The fraction of sp³-hybridized carbons (Fsp3) is 0.833. The zero-order valence-corrected chi connectivity index (χ0v) is 11.7. The number of rotatable bonds is 10. The van der Waals surface area contributed by atoms with E-state index in [9.17, 15) is 8.42 Å². The van der Waals surface area contributed by atoms with E-state index in [1.54, 1.807) is 6.08 Å². The minimum atomic E-state index is -3.44. The Balaban J connectivity index is 3.19. The van der Waals surface area contributed by atoms with Crippen LogP contribution in [0.5, 0.6) is 0 Å². The molecular formula is C12H23ClO2S. The SMILES string of the molecule is CCCCCCCCCCC=CS(=O)(=O)Cl. The van der Waals surface area contributed by atoms with Crippen LogP contribution >= 0.6 is 10.7 Å². The van der Waals surface area contributed by atoms with Gasteiger partial charge in [-0.1, -0.05) is 57.9 Å². The van der Waals surface area contributed by atoms with Crippen molar-refractivity contribution >= 4 is 19.7 Å². The van der Waals surface area contributed by atoms with E-state index in [-0.39, 0.29) is 0 Å². The van der Waals surface area contributed by atoms with Crippen molar-refractivity contribution < 1.29 is 8.42 Å². The molecule has 0 fully saturated rings. The van der Waals surface area contributed by atoms with Crippen molar-refractivity contribution in [1.29, 1.82) is 0 Å². The number of halogens is 1. The highest BCUT2D eigenvalue weighted by molar-refractivity contribution is 8.16. The molecule has 0 amide bonds. The van der Waals surface area contributed by atoms with E-state index in [1.807, 2.05) is 0 Å². The molecule has 0 radical (unpaired) electrons. The van der Waals surface area contributed by atoms with Gasteiger partial charge < -0.3 is 0 Å². The van der Waals surface area contributed by atoms with Crippen LogP contribution in [0.2, 0.25) is 0 Å². The fourth-order valence-corrected chi connectivity index (χ4v) is 2.16. The Morgan fingerprint density at radius 2 is 1.44 bits per heavy atom. The van der Waals surface area contributed by atoms with Gasteiger partial charge in [0.25, 0.3) is 9.05 Å². The van der Waals surface area contributed by atoms with Crippen molar-refractivity contribution in [3.05, 3.63) is 11.5 Å². The highest BCUT2D eigenvalue weighted by atomic mass is 35.7. The number of hydrogen-bond acceptors (Lipinski definition) is 2. The minimum Gasteiger partial charge on any atom is -0.208 e.